The molecule has 13 aromatic carbocycles. The van der Waals surface area contributed by atoms with Gasteiger partial charge >= 0.3 is 0 Å². The Morgan fingerprint density at radius 2 is 0.644 bits per heavy atom. The second-order valence-corrected chi connectivity index (χ2v) is 31.1. The van der Waals surface area contributed by atoms with Crippen LogP contribution in [-0.2, 0) is 0 Å². The van der Waals surface area contributed by atoms with Gasteiger partial charge < -0.3 is 0 Å². The van der Waals surface area contributed by atoms with Gasteiger partial charge in [-0.25, -0.2) is 29.9 Å². The molecule has 0 saturated carbocycles. The number of rotatable bonds is 8. The Hall–Kier alpha value is -15.6. The molecule has 8 aromatic heterocycles. The van der Waals surface area contributed by atoms with Crippen LogP contribution < -0.4 is 0 Å². The Morgan fingerprint density at radius 1 is 0.220 bits per heavy atom. The maximum atomic E-state index is 5.49. The molecule has 2 atom stereocenters. The van der Waals surface area contributed by atoms with Crippen molar-refractivity contribution in [3.8, 4) is 67.2 Å². The molecule has 2 unspecified atom stereocenters. The first kappa shape index (κ1) is 66.9. The SMILES string of the molecule is C1=CC2=C(c3ccnc4c3ccc3ccc(-c5ccccc5)nc34)C=CC3=CC=C4C(c5ccc6ccc7c(-c8ccccc8)c8ccccc8nc7c6n5)=CC=C1C4C32.c1ccc(-c2ccc3ccc4c(-c5ccc6c(ccc7ccc(-c8ccc9ccc%10c(-c%11ccccc%11)c%11ccccc%11nc%10c9n8)cc76)c5)ccnc4c3n2)cc1. The molecule has 0 radical (unpaired) electrons. The van der Waals surface area contributed by atoms with Gasteiger partial charge in [-0.3, -0.25) is 9.97 Å². The van der Waals surface area contributed by atoms with E-state index in [0.717, 1.165) is 165 Å². The van der Waals surface area contributed by atoms with E-state index in [9.17, 15) is 0 Å². The van der Waals surface area contributed by atoms with Gasteiger partial charge in [-0.1, -0.05) is 316 Å². The molecule has 546 valence electrons. The Balaban J connectivity index is 0.000000135. The summed E-state index contributed by atoms with van der Waals surface area (Å²) >= 11 is 0. The van der Waals surface area contributed by atoms with Gasteiger partial charge in [0.05, 0.1) is 77.9 Å². The lowest BCUT2D eigenvalue weighted by atomic mass is 9.61. The summed E-state index contributed by atoms with van der Waals surface area (Å²) in [5, 5.41) is 15.8. The summed E-state index contributed by atoms with van der Waals surface area (Å²) in [6, 6.07) is 116. The number of fused-ring (bicyclic) bond motifs is 17. The van der Waals surface area contributed by atoms with Crippen molar-refractivity contribution in [1.29, 1.82) is 0 Å². The zero-order valence-corrected chi connectivity index (χ0v) is 63.7. The highest BCUT2D eigenvalue weighted by atomic mass is 14.8. The molecule has 0 saturated heterocycles. The third kappa shape index (κ3) is 10.9. The van der Waals surface area contributed by atoms with Crippen molar-refractivity contribution in [2.24, 2.45) is 11.8 Å². The predicted molar refractivity (Wildman–Crippen MR) is 489 cm³/mol. The van der Waals surface area contributed by atoms with E-state index >= 15 is 0 Å². The molecule has 8 heteroatoms. The average Bonchev–Trinajstić information content (AvgIpc) is 0.723. The molecule has 0 aliphatic heterocycles. The van der Waals surface area contributed by atoms with Crippen molar-refractivity contribution >= 4 is 142 Å². The minimum absolute atomic E-state index is 0.172. The molecule has 0 fully saturated rings. The fourth-order valence-electron chi connectivity index (χ4n) is 19.0. The van der Waals surface area contributed by atoms with E-state index < -0.39 is 0 Å². The van der Waals surface area contributed by atoms with Crippen LogP contribution in [0.15, 0.2) is 411 Å². The molecule has 21 aromatic rings. The summed E-state index contributed by atoms with van der Waals surface area (Å²) < 4.78 is 0. The molecule has 0 amide bonds. The summed E-state index contributed by atoms with van der Waals surface area (Å²) in [5.41, 5.74) is 32.2. The Labute approximate surface area is 678 Å². The summed E-state index contributed by atoms with van der Waals surface area (Å²) in [6.07, 6.45) is 22.4. The molecule has 8 heterocycles. The molecule has 4 aliphatic carbocycles. The maximum absolute atomic E-state index is 5.49. The van der Waals surface area contributed by atoms with E-state index in [0.29, 0.717) is 0 Å². The van der Waals surface area contributed by atoms with Crippen molar-refractivity contribution in [1.82, 2.24) is 39.9 Å². The van der Waals surface area contributed by atoms with E-state index in [-0.39, 0.29) is 11.8 Å². The fourth-order valence-corrected chi connectivity index (χ4v) is 19.0. The van der Waals surface area contributed by atoms with Crippen LogP contribution in [0, 0.1) is 11.8 Å². The third-order valence-electron chi connectivity index (χ3n) is 24.6. The van der Waals surface area contributed by atoms with Crippen LogP contribution in [0.5, 0.6) is 0 Å². The second-order valence-electron chi connectivity index (χ2n) is 31.1. The highest BCUT2D eigenvalue weighted by molar-refractivity contribution is 6.19. The van der Waals surface area contributed by atoms with Crippen LogP contribution in [0.25, 0.3) is 209 Å². The minimum Gasteiger partial charge on any atom is -0.254 e. The molecule has 118 heavy (non-hydrogen) atoms. The molecule has 0 N–H and O–H groups in total. The van der Waals surface area contributed by atoms with Gasteiger partial charge in [-0.2, -0.15) is 0 Å². The Bertz CT molecular complexity index is 8160. The maximum Gasteiger partial charge on any atom is 0.0978 e. The summed E-state index contributed by atoms with van der Waals surface area (Å²) in [7, 11) is 0. The van der Waals surface area contributed by atoms with Gasteiger partial charge in [0.15, 0.2) is 0 Å². The molecule has 0 bridgehead atoms. The van der Waals surface area contributed by atoms with E-state index in [1.165, 1.54) is 77.2 Å². The van der Waals surface area contributed by atoms with Crippen LogP contribution in [0.1, 0.15) is 11.3 Å². The van der Waals surface area contributed by atoms with Crippen LogP contribution >= 0.6 is 0 Å². The molecule has 25 rings (SSSR count). The zero-order valence-electron chi connectivity index (χ0n) is 63.7. The van der Waals surface area contributed by atoms with Crippen molar-refractivity contribution in [2.75, 3.05) is 0 Å². The van der Waals surface area contributed by atoms with Gasteiger partial charge in [0.1, 0.15) is 0 Å². The summed E-state index contributed by atoms with van der Waals surface area (Å²) in [5.74, 6) is 0.352. The number of hydrogen-bond donors (Lipinski definition) is 0. The van der Waals surface area contributed by atoms with Crippen molar-refractivity contribution < 1.29 is 0 Å². The van der Waals surface area contributed by atoms with Gasteiger partial charge in [0.2, 0.25) is 0 Å². The highest BCUT2D eigenvalue weighted by Gasteiger charge is 2.41. The lowest BCUT2D eigenvalue weighted by Gasteiger charge is -2.42. The average molecular weight is 1500 g/mol. The number of nitrogens with zero attached hydrogens (tertiary/aromatic N) is 8. The van der Waals surface area contributed by atoms with E-state index in [1.54, 1.807) is 0 Å². The first-order chi connectivity index (χ1) is 58.5. The van der Waals surface area contributed by atoms with Crippen LogP contribution in [0.2, 0.25) is 0 Å². The van der Waals surface area contributed by atoms with Crippen LogP contribution in [0.3, 0.4) is 0 Å². The normalized spacial score (nSPS) is 14.9. The number of aromatic nitrogens is 8. The monoisotopic (exact) mass is 1500 g/mol. The number of para-hydroxylation sites is 2. The van der Waals surface area contributed by atoms with E-state index in [2.05, 4.69) is 352 Å². The van der Waals surface area contributed by atoms with Gasteiger partial charge in [0, 0.05) is 111 Å². The molecular weight excluding hydrogens is 1430 g/mol. The Morgan fingerprint density at radius 3 is 1.23 bits per heavy atom. The topological polar surface area (TPSA) is 103 Å². The largest absolute Gasteiger partial charge is 0.254 e. The molecule has 0 spiro atoms. The number of pyridine rings is 8. The molecular formula is C110H66N8. The lowest BCUT2D eigenvalue weighted by molar-refractivity contribution is 0.569. The summed E-state index contributed by atoms with van der Waals surface area (Å²) in [6.45, 7) is 0. The first-order valence-electron chi connectivity index (χ1n) is 40.2. The van der Waals surface area contributed by atoms with E-state index in [4.69, 9.17) is 39.9 Å². The van der Waals surface area contributed by atoms with Gasteiger partial charge in [0.25, 0.3) is 0 Å². The molecule has 4 aliphatic rings. The van der Waals surface area contributed by atoms with Gasteiger partial charge in [-0.15, -0.1) is 0 Å². The number of allylic oxidation sites excluding steroid dienone is 14. The zero-order chi connectivity index (χ0) is 77.5. The van der Waals surface area contributed by atoms with Crippen molar-refractivity contribution in [3.63, 3.8) is 0 Å². The van der Waals surface area contributed by atoms with Crippen LogP contribution in [0.4, 0.5) is 0 Å². The number of benzene rings is 13. The lowest BCUT2D eigenvalue weighted by Crippen LogP contribution is -2.30. The van der Waals surface area contributed by atoms with E-state index in [1.807, 2.05) is 36.7 Å². The van der Waals surface area contributed by atoms with Crippen molar-refractivity contribution in [2.45, 2.75) is 0 Å². The standard InChI is InChI=1S/C56H34N4.C54H32N4/c1-3-9-33(10-4-1)47-29-21-37-19-27-44-40(31-32-57-55(44)53(37)58-47)39-23-15-35-18-26-43-41(24-16-36-17-25-42(39)51(35)52(36)43)49-30-22-38-20-28-46-50(34-11-5-2-6-12-34)45-13-7-8-14-48(45)60-56(46)54(38)59-49;1-3-9-34(10-4-1)47-27-22-36-19-25-43-42(29-30-55-53(43)51(36)56-47)39-21-24-41-38(31-39)17-15-33-16-18-40(32-46(33)41)48-28-23-37-20-26-45-50(35-11-5-2-6-12-35)44-13-7-8-14-49(44)58-54(45)52(37)57-48/h1-32,51-52H;1-32H. The smallest absolute Gasteiger partial charge is 0.0978 e. The fraction of sp³-hybridized carbons (Fsp3) is 0.0182. The predicted octanol–water partition coefficient (Wildman–Crippen LogP) is 27.4. The van der Waals surface area contributed by atoms with Crippen LogP contribution in [-0.4, -0.2) is 39.9 Å². The molecule has 8 nitrogen and oxygen atoms in total. The highest BCUT2D eigenvalue weighted by Crippen LogP contribution is 2.55. The van der Waals surface area contributed by atoms with Crippen molar-refractivity contribution in [3.05, 3.63) is 422 Å². The quantitative estimate of drug-likeness (QED) is 0.109. The Kier molecular flexibility index (Phi) is 15.3. The number of hydrogen-bond acceptors (Lipinski definition) is 8. The first-order valence-corrected chi connectivity index (χ1v) is 40.2. The minimum atomic E-state index is 0.172. The third-order valence-corrected chi connectivity index (χ3v) is 24.6. The summed E-state index contributed by atoms with van der Waals surface area (Å²) in [4.78, 5) is 41.5. The second kappa shape index (κ2) is 27.0. The van der Waals surface area contributed by atoms with Gasteiger partial charge in [-0.05, 0) is 138 Å².